The summed E-state index contributed by atoms with van der Waals surface area (Å²) >= 11 is 0. The summed E-state index contributed by atoms with van der Waals surface area (Å²) in [6, 6.07) is 1.40. The summed E-state index contributed by atoms with van der Waals surface area (Å²) in [5, 5.41) is 12.0. The Morgan fingerprint density at radius 1 is 1.59 bits per heavy atom. The van der Waals surface area contributed by atoms with E-state index in [1.807, 2.05) is 0 Å². The monoisotopic (exact) mass is 236 g/mol. The number of carbonyl (C=O) groups excluding carboxylic acids is 1. The molecule has 1 amide bonds. The lowest BCUT2D eigenvalue weighted by Crippen LogP contribution is -2.27. The minimum absolute atomic E-state index is 0.00298. The molecule has 17 heavy (non-hydrogen) atoms. The van der Waals surface area contributed by atoms with Gasteiger partial charge >= 0.3 is 0 Å². The molecule has 2 heterocycles. The van der Waals surface area contributed by atoms with Gasteiger partial charge in [0.2, 0.25) is 0 Å². The zero-order chi connectivity index (χ0) is 12.1. The van der Waals surface area contributed by atoms with Crippen LogP contribution in [0.2, 0.25) is 0 Å². The van der Waals surface area contributed by atoms with Gasteiger partial charge in [0, 0.05) is 19.3 Å². The van der Waals surface area contributed by atoms with Gasteiger partial charge in [-0.1, -0.05) is 0 Å². The number of pyridine rings is 1. The summed E-state index contributed by atoms with van der Waals surface area (Å²) in [5.74, 6) is -0.219. The van der Waals surface area contributed by atoms with Crippen molar-refractivity contribution in [1.29, 1.82) is 0 Å². The van der Waals surface area contributed by atoms with Gasteiger partial charge in [-0.25, -0.2) is 0 Å². The van der Waals surface area contributed by atoms with E-state index in [2.05, 4.69) is 10.3 Å². The lowest BCUT2D eigenvalue weighted by Gasteiger charge is -2.09. The molecule has 2 N–H and O–H groups in total. The van der Waals surface area contributed by atoms with E-state index in [-0.39, 0.29) is 17.8 Å². The smallest absolute Gasteiger partial charge is 0.252 e. The zero-order valence-electron chi connectivity index (χ0n) is 9.56. The summed E-state index contributed by atoms with van der Waals surface area (Å²) in [6.45, 7) is 1.41. The molecule has 0 bridgehead atoms. The Balaban J connectivity index is 1.77. The van der Waals surface area contributed by atoms with Gasteiger partial charge in [0.1, 0.15) is 5.75 Å². The van der Waals surface area contributed by atoms with E-state index in [0.717, 1.165) is 25.9 Å². The molecule has 5 nitrogen and oxygen atoms in total. The maximum Gasteiger partial charge on any atom is 0.252 e. The first kappa shape index (κ1) is 11.9. The van der Waals surface area contributed by atoms with Gasteiger partial charge in [-0.3, -0.25) is 9.78 Å². The van der Waals surface area contributed by atoms with Crippen LogP contribution in [-0.2, 0) is 4.74 Å². The van der Waals surface area contributed by atoms with E-state index >= 15 is 0 Å². The first-order valence-corrected chi connectivity index (χ1v) is 5.79. The van der Waals surface area contributed by atoms with Crippen molar-refractivity contribution in [1.82, 2.24) is 10.3 Å². The highest BCUT2D eigenvalue weighted by Crippen LogP contribution is 2.14. The lowest BCUT2D eigenvalue weighted by molar-refractivity contribution is 0.0906. The van der Waals surface area contributed by atoms with E-state index in [4.69, 9.17) is 4.74 Å². The number of hydrogen-bond donors (Lipinski definition) is 2. The molecule has 0 spiro atoms. The fourth-order valence-corrected chi connectivity index (χ4v) is 1.87. The first-order chi connectivity index (χ1) is 8.25. The Kier molecular flexibility index (Phi) is 3.93. The quantitative estimate of drug-likeness (QED) is 0.820. The molecule has 0 aromatic carbocycles. The van der Waals surface area contributed by atoms with E-state index in [1.165, 1.54) is 18.5 Å². The summed E-state index contributed by atoms with van der Waals surface area (Å²) in [7, 11) is 0. The summed E-state index contributed by atoms with van der Waals surface area (Å²) in [5.41, 5.74) is 0.373. The molecule has 0 radical (unpaired) electrons. The highest BCUT2D eigenvalue weighted by molar-refractivity contribution is 5.94. The van der Waals surface area contributed by atoms with Crippen molar-refractivity contribution in [3.8, 4) is 5.75 Å². The van der Waals surface area contributed by atoms with Crippen molar-refractivity contribution in [2.75, 3.05) is 13.2 Å². The van der Waals surface area contributed by atoms with Crippen LogP contribution in [0.1, 0.15) is 29.6 Å². The molecule has 92 valence electrons. The highest BCUT2D eigenvalue weighted by Gasteiger charge is 2.15. The SMILES string of the molecule is O=C(NCCC1CCCO1)c1cncc(O)c1. The number of nitrogens with zero attached hydrogens (tertiary/aromatic N) is 1. The van der Waals surface area contributed by atoms with Gasteiger partial charge < -0.3 is 15.2 Å². The molecule has 0 saturated carbocycles. The van der Waals surface area contributed by atoms with E-state index < -0.39 is 0 Å². The molecule has 1 aromatic rings. The van der Waals surface area contributed by atoms with Crippen LogP contribution in [0.15, 0.2) is 18.5 Å². The standard InChI is InChI=1S/C12H16N2O3/c15-10-6-9(7-13-8-10)12(16)14-4-3-11-2-1-5-17-11/h6-8,11,15H,1-5H2,(H,14,16). The van der Waals surface area contributed by atoms with E-state index in [1.54, 1.807) is 0 Å². The Morgan fingerprint density at radius 3 is 3.18 bits per heavy atom. The second-order valence-corrected chi connectivity index (χ2v) is 4.11. The Morgan fingerprint density at radius 2 is 2.47 bits per heavy atom. The average molecular weight is 236 g/mol. The van der Waals surface area contributed by atoms with Gasteiger partial charge in [-0.2, -0.15) is 0 Å². The van der Waals surface area contributed by atoms with Crippen molar-refractivity contribution >= 4 is 5.91 Å². The number of carbonyl (C=O) groups is 1. The van der Waals surface area contributed by atoms with E-state index in [0.29, 0.717) is 12.1 Å². The fourth-order valence-electron chi connectivity index (χ4n) is 1.87. The van der Waals surface area contributed by atoms with Crippen LogP contribution in [-0.4, -0.2) is 35.3 Å². The Bertz CT molecular complexity index is 389. The number of rotatable bonds is 4. The molecule has 1 unspecified atom stereocenters. The molecule has 1 aromatic heterocycles. The summed E-state index contributed by atoms with van der Waals surface area (Å²) < 4.78 is 5.46. The molecular weight excluding hydrogens is 220 g/mol. The minimum atomic E-state index is -0.216. The molecule has 1 aliphatic heterocycles. The second-order valence-electron chi connectivity index (χ2n) is 4.11. The number of amides is 1. The number of nitrogens with one attached hydrogen (secondary N) is 1. The predicted molar refractivity (Wildman–Crippen MR) is 61.8 cm³/mol. The van der Waals surface area contributed by atoms with Crippen molar-refractivity contribution in [3.63, 3.8) is 0 Å². The van der Waals surface area contributed by atoms with Gasteiger partial charge in [0.25, 0.3) is 5.91 Å². The van der Waals surface area contributed by atoms with Crippen LogP contribution in [0.4, 0.5) is 0 Å². The Labute approximate surface area is 99.8 Å². The zero-order valence-corrected chi connectivity index (χ0v) is 9.56. The van der Waals surface area contributed by atoms with Crippen LogP contribution in [0.3, 0.4) is 0 Å². The third-order valence-corrected chi connectivity index (χ3v) is 2.76. The predicted octanol–water partition coefficient (Wildman–Crippen LogP) is 1.09. The van der Waals surface area contributed by atoms with Crippen molar-refractivity contribution in [3.05, 3.63) is 24.0 Å². The topological polar surface area (TPSA) is 71.5 Å². The molecule has 1 saturated heterocycles. The van der Waals surface area contributed by atoms with Gasteiger partial charge in [0.15, 0.2) is 0 Å². The average Bonchev–Trinajstić information content (AvgIpc) is 2.82. The number of hydrogen-bond acceptors (Lipinski definition) is 4. The minimum Gasteiger partial charge on any atom is -0.506 e. The van der Waals surface area contributed by atoms with Gasteiger partial charge in [-0.15, -0.1) is 0 Å². The molecule has 2 rings (SSSR count). The van der Waals surface area contributed by atoms with Crippen molar-refractivity contribution < 1.29 is 14.6 Å². The molecular formula is C12H16N2O3. The maximum atomic E-state index is 11.7. The van der Waals surface area contributed by atoms with Crippen LogP contribution >= 0.6 is 0 Å². The molecule has 1 aliphatic rings. The largest absolute Gasteiger partial charge is 0.506 e. The molecule has 5 heteroatoms. The number of aromatic hydroxyl groups is 1. The van der Waals surface area contributed by atoms with Crippen LogP contribution in [0.5, 0.6) is 5.75 Å². The summed E-state index contributed by atoms with van der Waals surface area (Å²) in [4.78, 5) is 15.4. The van der Waals surface area contributed by atoms with Crippen LogP contribution < -0.4 is 5.32 Å². The maximum absolute atomic E-state index is 11.7. The van der Waals surface area contributed by atoms with Gasteiger partial charge in [0.05, 0.1) is 17.9 Å². The first-order valence-electron chi connectivity index (χ1n) is 5.79. The van der Waals surface area contributed by atoms with Gasteiger partial charge in [-0.05, 0) is 25.3 Å². The van der Waals surface area contributed by atoms with Crippen LogP contribution in [0, 0.1) is 0 Å². The van der Waals surface area contributed by atoms with Crippen molar-refractivity contribution in [2.45, 2.75) is 25.4 Å². The van der Waals surface area contributed by atoms with Crippen LogP contribution in [0.25, 0.3) is 0 Å². The molecule has 1 fully saturated rings. The third-order valence-electron chi connectivity index (χ3n) is 2.76. The fraction of sp³-hybridized carbons (Fsp3) is 0.500. The Hall–Kier alpha value is -1.62. The highest BCUT2D eigenvalue weighted by atomic mass is 16.5. The molecule has 0 aliphatic carbocycles. The normalized spacial score (nSPS) is 19.2. The second kappa shape index (κ2) is 5.63. The van der Waals surface area contributed by atoms with Crippen molar-refractivity contribution in [2.24, 2.45) is 0 Å². The van der Waals surface area contributed by atoms with E-state index in [9.17, 15) is 9.90 Å². The lowest BCUT2D eigenvalue weighted by atomic mass is 10.2. The summed E-state index contributed by atoms with van der Waals surface area (Å²) in [6.07, 6.45) is 6.01. The number of aromatic nitrogens is 1. The third kappa shape index (κ3) is 3.42. The number of ether oxygens (including phenoxy) is 1. The molecule has 1 atom stereocenters.